The number of aromatic nitrogens is 2. The molecule has 0 saturated carbocycles. The Morgan fingerprint density at radius 3 is 2.77 bits per heavy atom. The molecule has 4 heterocycles. The SMILES string of the molecule is CC1CN2CCC[C@H]2CN1C(O)N1Cc2c(NC(=O)c3c(F)cccc3C(F)(F)F)n[nH]c2C1C. The summed E-state index contributed by atoms with van der Waals surface area (Å²) in [5.41, 5.74) is -1.23. The van der Waals surface area contributed by atoms with Gasteiger partial charge in [0.2, 0.25) is 0 Å². The Morgan fingerprint density at radius 1 is 1.26 bits per heavy atom. The number of piperazine rings is 1. The van der Waals surface area contributed by atoms with Gasteiger partial charge in [-0.25, -0.2) is 4.39 Å². The van der Waals surface area contributed by atoms with E-state index < -0.39 is 35.4 Å². The smallest absolute Gasteiger partial charge is 0.365 e. The Hall–Kier alpha value is -2.54. The maximum absolute atomic E-state index is 14.3. The number of nitrogens with zero attached hydrogens (tertiary/aromatic N) is 4. The standard InChI is InChI=1S/C23H28F4N6O2/c1-12-9-31-8-4-5-14(31)10-32(12)22(35)33-11-15-19(13(33)2)29-30-20(15)28-21(34)18-16(23(25,26)27)6-3-7-17(18)24/h3,6-7,12-14,22,35H,4-5,8-11H2,1-2H3,(H2,28,29,30,34)/t12?,13?,14-,22?/m0/s1. The first-order valence-corrected chi connectivity index (χ1v) is 11.7. The van der Waals surface area contributed by atoms with E-state index in [1.54, 1.807) is 0 Å². The lowest BCUT2D eigenvalue weighted by Crippen LogP contribution is -2.61. The van der Waals surface area contributed by atoms with Crippen LogP contribution in [0.15, 0.2) is 18.2 Å². The summed E-state index contributed by atoms with van der Waals surface area (Å²) in [6, 6.07) is 2.67. The van der Waals surface area contributed by atoms with Gasteiger partial charge in [-0.1, -0.05) is 6.07 Å². The fraction of sp³-hybridized carbons (Fsp3) is 0.565. The van der Waals surface area contributed by atoms with Gasteiger partial charge >= 0.3 is 6.18 Å². The van der Waals surface area contributed by atoms with Crippen molar-refractivity contribution < 1.29 is 27.5 Å². The average molecular weight is 497 g/mol. The predicted octanol–water partition coefficient (Wildman–Crippen LogP) is 3.14. The minimum atomic E-state index is -4.89. The molecule has 4 atom stereocenters. The van der Waals surface area contributed by atoms with Crippen LogP contribution in [-0.4, -0.2) is 74.0 Å². The molecule has 1 amide bonds. The number of aliphatic hydroxyl groups is 1. The molecular formula is C23H28F4N6O2. The number of alkyl halides is 3. The summed E-state index contributed by atoms with van der Waals surface area (Å²) in [5.74, 6) is -2.48. The van der Waals surface area contributed by atoms with Crippen LogP contribution in [0.1, 0.15) is 59.9 Å². The number of benzene rings is 1. The number of hydrogen-bond acceptors (Lipinski definition) is 6. The summed E-state index contributed by atoms with van der Waals surface area (Å²) in [6.45, 7) is 6.89. The highest BCUT2D eigenvalue weighted by Gasteiger charge is 2.43. The first-order valence-electron chi connectivity index (χ1n) is 11.7. The van der Waals surface area contributed by atoms with Crippen molar-refractivity contribution in [3.05, 3.63) is 46.4 Å². The topological polar surface area (TPSA) is 87.7 Å². The number of nitrogens with one attached hydrogen (secondary N) is 2. The Balaban J connectivity index is 1.34. The molecule has 0 aliphatic carbocycles. The highest BCUT2D eigenvalue weighted by atomic mass is 19.4. The second-order valence-electron chi connectivity index (χ2n) is 9.61. The Kier molecular flexibility index (Phi) is 6.10. The quantitative estimate of drug-likeness (QED) is 0.564. The molecule has 190 valence electrons. The van der Waals surface area contributed by atoms with Gasteiger partial charge in [0.1, 0.15) is 5.82 Å². The fourth-order valence-electron chi connectivity index (χ4n) is 5.64. The summed E-state index contributed by atoms with van der Waals surface area (Å²) < 4.78 is 54.3. The van der Waals surface area contributed by atoms with Crippen LogP contribution in [0.4, 0.5) is 23.4 Å². The molecule has 0 radical (unpaired) electrons. The molecule has 3 N–H and O–H groups in total. The third-order valence-corrected chi connectivity index (χ3v) is 7.51. The number of aromatic amines is 1. The predicted molar refractivity (Wildman–Crippen MR) is 119 cm³/mol. The first kappa shape index (κ1) is 24.2. The van der Waals surface area contributed by atoms with Crippen LogP contribution < -0.4 is 5.32 Å². The molecule has 0 bridgehead atoms. The molecule has 3 aliphatic heterocycles. The molecule has 3 aliphatic rings. The van der Waals surface area contributed by atoms with E-state index in [-0.39, 0.29) is 24.4 Å². The molecule has 35 heavy (non-hydrogen) atoms. The van der Waals surface area contributed by atoms with E-state index in [0.717, 1.165) is 44.6 Å². The van der Waals surface area contributed by atoms with Crippen molar-refractivity contribution in [2.45, 2.75) is 63.9 Å². The van der Waals surface area contributed by atoms with E-state index >= 15 is 0 Å². The van der Waals surface area contributed by atoms with Crippen molar-refractivity contribution in [2.75, 3.05) is 25.0 Å². The van der Waals surface area contributed by atoms with Crippen molar-refractivity contribution >= 4 is 11.7 Å². The molecule has 3 unspecified atom stereocenters. The monoisotopic (exact) mass is 496 g/mol. The molecule has 2 aromatic rings. The second kappa shape index (κ2) is 8.84. The van der Waals surface area contributed by atoms with Crippen LogP contribution in [0.5, 0.6) is 0 Å². The lowest BCUT2D eigenvalue weighted by Gasteiger charge is -2.47. The summed E-state index contributed by atoms with van der Waals surface area (Å²) in [7, 11) is 0. The lowest BCUT2D eigenvalue weighted by molar-refractivity contribution is -0.160. The summed E-state index contributed by atoms with van der Waals surface area (Å²) in [6.07, 6.45) is -3.52. The summed E-state index contributed by atoms with van der Waals surface area (Å²) >= 11 is 0. The van der Waals surface area contributed by atoms with Gasteiger partial charge in [-0.2, -0.15) is 18.3 Å². The number of halogens is 4. The molecule has 8 nitrogen and oxygen atoms in total. The number of anilines is 1. The largest absolute Gasteiger partial charge is 0.417 e. The number of carbonyl (C=O) groups excluding carboxylic acids is 1. The first-order chi connectivity index (χ1) is 16.6. The van der Waals surface area contributed by atoms with Crippen molar-refractivity contribution in [2.24, 2.45) is 0 Å². The number of fused-ring (bicyclic) bond motifs is 2. The number of H-pyrrole nitrogens is 1. The minimum absolute atomic E-state index is 0.0246. The van der Waals surface area contributed by atoms with E-state index in [1.165, 1.54) is 0 Å². The Morgan fingerprint density at radius 2 is 2.03 bits per heavy atom. The molecule has 0 spiro atoms. The highest BCUT2D eigenvalue weighted by molar-refractivity contribution is 6.05. The van der Waals surface area contributed by atoms with Gasteiger partial charge in [0.15, 0.2) is 12.2 Å². The second-order valence-corrected chi connectivity index (χ2v) is 9.61. The van der Waals surface area contributed by atoms with Crippen LogP contribution in [0.25, 0.3) is 0 Å². The zero-order chi connectivity index (χ0) is 25.1. The average Bonchev–Trinajstić information content (AvgIpc) is 3.49. The van der Waals surface area contributed by atoms with Gasteiger partial charge < -0.3 is 10.4 Å². The van der Waals surface area contributed by atoms with Crippen LogP contribution in [0.3, 0.4) is 0 Å². The van der Waals surface area contributed by atoms with Crippen LogP contribution in [0.2, 0.25) is 0 Å². The number of hydrogen-bond donors (Lipinski definition) is 3. The number of carbonyl (C=O) groups is 1. The zero-order valence-corrected chi connectivity index (χ0v) is 19.4. The highest BCUT2D eigenvalue weighted by Crippen LogP contribution is 2.39. The molecule has 12 heteroatoms. The minimum Gasteiger partial charge on any atom is -0.365 e. The summed E-state index contributed by atoms with van der Waals surface area (Å²) in [5, 5.41) is 20.5. The van der Waals surface area contributed by atoms with Crippen molar-refractivity contribution in [1.29, 1.82) is 0 Å². The van der Waals surface area contributed by atoms with Crippen molar-refractivity contribution in [3.63, 3.8) is 0 Å². The molecule has 1 aromatic heterocycles. The number of rotatable bonds is 4. The zero-order valence-electron chi connectivity index (χ0n) is 19.4. The fourth-order valence-corrected chi connectivity index (χ4v) is 5.64. The van der Waals surface area contributed by atoms with Gasteiger partial charge in [0.05, 0.1) is 22.9 Å². The summed E-state index contributed by atoms with van der Waals surface area (Å²) in [4.78, 5) is 19.1. The van der Waals surface area contributed by atoms with Crippen LogP contribution in [0, 0.1) is 5.82 Å². The maximum Gasteiger partial charge on any atom is 0.417 e. The van der Waals surface area contributed by atoms with Gasteiger partial charge in [0, 0.05) is 37.3 Å². The van der Waals surface area contributed by atoms with E-state index in [9.17, 15) is 27.5 Å². The Bertz CT molecular complexity index is 1120. The molecule has 2 saturated heterocycles. The van der Waals surface area contributed by atoms with Crippen molar-refractivity contribution in [3.8, 4) is 0 Å². The molecule has 2 fully saturated rings. The molecule has 5 rings (SSSR count). The molecular weight excluding hydrogens is 468 g/mol. The van der Waals surface area contributed by atoms with Crippen LogP contribution in [-0.2, 0) is 12.7 Å². The van der Waals surface area contributed by atoms with Gasteiger partial charge in [0.25, 0.3) is 5.91 Å². The molecule has 1 aromatic carbocycles. The van der Waals surface area contributed by atoms with Gasteiger partial charge in [-0.3, -0.25) is 24.6 Å². The third kappa shape index (κ3) is 4.22. The normalized spacial score (nSPS) is 26.5. The van der Waals surface area contributed by atoms with E-state index in [1.807, 2.05) is 11.8 Å². The van der Waals surface area contributed by atoms with Gasteiger partial charge in [-0.15, -0.1) is 0 Å². The maximum atomic E-state index is 14.3. The number of amides is 1. The van der Waals surface area contributed by atoms with Crippen molar-refractivity contribution in [1.82, 2.24) is 24.9 Å². The third-order valence-electron chi connectivity index (χ3n) is 7.51. The Labute approximate surface area is 199 Å². The van der Waals surface area contributed by atoms with E-state index in [2.05, 4.69) is 32.2 Å². The van der Waals surface area contributed by atoms with E-state index in [4.69, 9.17) is 0 Å². The number of aliphatic hydroxyl groups excluding tert-OH is 1. The lowest BCUT2D eigenvalue weighted by atomic mass is 10.1. The van der Waals surface area contributed by atoms with E-state index in [0.29, 0.717) is 23.4 Å². The van der Waals surface area contributed by atoms with Gasteiger partial charge in [-0.05, 0) is 45.4 Å². The van der Waals surface area contributed by atoms with Crippen LogP contribution >= 0.6 is 0 Å².